The Bertz CT molecular complexity index is 1610. The molecule has 3 rings (SSSR count). The Morgan fingerprint density at radius 3 is 2.46 bits per heavy atom. The number of aromatic nitrogens is 3. The molecule has 2 heterocycles. The summed E-state index contributed by atoms with van der Waals surface area (Å²) in [6.07, 6.45) is -2.41. The fourth-order valence-corrected chi connectivity index (χ4v) is 5.50. The van der Waals surface area contributed by atoms with Crippen molar-refractivity contribution in [1.29, 1.82) is 10.0 Å². The summed E-state index contributed by atoms with van der Waals surface area (Å²) in [7, 11) is -3.00. The molecule has 15 heteroatoms. The van der Waals surface area contributed by atoms with E-state index in [4.69, 9.17) is 16.4 Å². The molecule has 0 fully saturated rings. The third-order valence-corrected chi connectivity index (χ3v) is 6.78. The number of hydrogen-bond acceptors (Lipinski definition) is 7. The topological polar surface area (TPSA) is 154 Å². The van der Waals surface area contributed by atoms with Crippen LogP contribution in [0.25, 0.3) is 5.82 Å². The lowest BCUT2D eigenvalue weighted by atomic mass is 10.0. The predicted octanol–water partition coefficient (Wildman–Crippen LogP) is 4.56. The van der Waals surface area contributed by atoms with E-state index in [0.717, 1.165) is 0 Å². The average molecular weight is 582 g/mol. The van der Waals surface area contributed by atoms with Gasteiger partial charge in [-0.2, -0.15) is 23.5 Å². The highest BCUT2D eigenvalue weighted by Gasteiger charge is 2.37. The minimum absolute atomic E-state index is 0.0675. The van der Waals surface area contributed by atoms with Crippen LogP contribution >= 0.6 is 11.6 Å². The zero-order chi connectivity index (χ0) is 29.3. The van der Waals surface area contributed by atoms with Gasteiger partial charge in [-0.1, -0.05) is 11.6 Å². The van der Waals surface area contributed by atoms with Crippen LogP contribution in [0.1, 0.15) is 51.5 Å². The molecule has 0 saturated carbocycles. The Labute approximate surface area is 227 Å². The highest BCUT2D eigenvalue weighted by atomic mass is 35.5. The maximum atomic E-state index is 13.5. The fraction of sp³-hybridized carbons (Fsp3) is 0.292. The highest BCUT2D eigenvalue weighted by molar-refractivity contribution is 7.91. The minimum atomic E-state index is -4.89. The molecule has 2 aromatic heterocycles. The summed E-state index contributed by atoms with van der Waals surface area (Å²) in [5.74, 6) is -2.25. The Morgan fingerprint density at radius 2 is 1.90 bits per heavy atom. The summed E-state index contributed by atoms with van der Waals surface area (Å²) in [4.78, 5) is 30.5. The molecule has 1 aromatic carbocycles. The van der Waals surface area contributed by atoms with E-state index in [1.807, 2.05) is 6.07 Å². The molecule has 3 N–H and O–H groups in total. The number of alkyl halides is 3. The van der Waals surface area contributed by atoms with Gasteiger partial charge < -0.3 is 10.6 Å². The molecule has 0 spiro atoms. The Hall–Kier alpha value is -3.96. The highest BCUT2D eigenvalue weighted by Crippen LogP contribution is 2.31. The quantitative estimate of drug-likeness (QED) is 0.372. The molecule has 0 bridgehead atoms. The van der Waals surface area contributed by atoms with Gasteiger partial charge in [0.1, 0.15) is 5.69 Å². The van der Waals surface area contributed by atoms with Crippen molar-refractivity contribution in [3.05, 3.63) is 69.6 Å². The van der Waals surface area contributed by atoms with E-state index >= 15 is 0 Å². The van der Waals surface area contributed by atoms with E-state index < -0.39 is 44.6 Å². The number of nitrogens with one attached hydrogen (secondary N) is 3. The van der Waals surface area contributed by atoms with Crippen molar-refractivity contribution in [2.75, 3.05) is 17.3 Å². The molecule has 1 unspecified atom stereocenters. The van der Waals surface area contributed by atoms with Gasteiger partial charge in [-0.25, -0.2) is 9.67 Å². The smallest absolute Gasteiger partial charge is 0.346 e. The number of halogens is 4. The van der Waals surface area contributed by atoms with Gasteiger partial charge in [0.2, 0.25) is 0 Å². The minimum Gasteiger partial charge on any atom is -0.346 e. The van der Waals surface area contributed by atoms with Crippen molar-refractivity contribution < 1.29 is 27.0 Å². The standard InChI is InChI=1S/C24H23ClF3N7O3S/c1-13-8-14(11-29)9-15(21(36)33-23(2,3)12-39(4,30)38)19(13)32-22(37)17-10-18(24(26,27)28)34-35(17)20-16(25)6-5-7-31-20/h5-10,30H,12H2,1-4H3,(H,32,37)(H,33,36). The van der Waals surface area contributed by atoms with Crippen LogP contribution in [0.15, 0.2) is 36.5 Å². The zero-order valence-corrected chi connectivity index (χ0v) is 22.7. The third-order valence-electron chi connectivity index (χ3n) is 5.21. The number of nitriles is 1. The van der Waals surface area contributed by atoms with Crippen LogP contribution in [0.3, 0.4) is 0 Å². The van der Waals surface area contributed by atoms with E-state index in [1.54, 1.807) is 13.8 Å². The summed E-state index contributed by atoms with van der Waals surface area (Å²) >= 11 is 6.10. The van der Waals surface area contributed by atoms with E-state index in [2.05, 4.69) is 20.7 Å². The second kappa shape index (κ2) is 10.7. The monoisotopic (exact) mass is 581 g/mol. The van der Waals surface area contributed by atoms with Crippen LogP contribution in [-0.2, 0) is 15.9 Å². The maximum Gasteiger partial charge on any atom is 0.435 e. The second-order valence-corrected chi connectivity index (χ2v) is 12.1. The van der Waals surface area contributed by atoms with Crippen molar-refractivity contribution in [3.8, 4) is 11.9 Å². The lowest BCUT2D eigenvalue weighted by Crippen LogP contribution is -2.48. The van der Waals surface area contributed by atoms with Crippen molar-refractivity contribution in [2.24, 2.45) is 0 Å². The van der Waals surface area contributed by atoms with E-state index in [-0.39, 0.29) is 39.0 Å². The number of carbonyl (C=O) groups is 2. The zero-order valence-electron chi connectivity index (χ0n) is 21.1. The van der Waals surface area contributed by atoms with Gasteiger partial charge >= 0.3 is 6.18 Å². The number of aryl methyl sites for hydroxylation is 1. The van der Waals surface area contributed by atoms with Crippen molar-refractivity contribution in [1.82, 2.24) is 20.1 Å². The van der Waals surface area contributed by atoms with Crippen LogP contribution in [-0.4, -0.2) is 48.3 Å². The van der Waals surface area contributed by atoms with Crippen molar-refractivity contribution in [2.45, 2.75) is 32.5 Å². The van der Waals surface area contributed by atoms with Crippen LogP contribution < -0.4 is 10.6 Å². The molecular weight excluding hydrogens is 559 g/mol. The number of hydrogen-bond donors (Lipinski definition) is 3. The molecule has 39 heavy (non-hydrogen) atoms. The lowest BCUT2D eigenvalue weighted by molar-refractivity contribution is -0.141. The molecule has 0 aliphatic heterocycles. The Morgan fingerprint density at radius 1 is 1.23 bits per heavy atom. The summed E-state index contributed by atoms with van der Waals surface area (Å²) in [5.41, 5.74) is -2.95. The summed E-state index contributed by atoms with van der Waals surface area (Å²) in [6.45, 7) is 4.60. The number of pyridine rings is 1. The second-order valence-electron chi connectivity index (χ2n) is 9.40. The normalized spacial score (nSPS) is 13.3. The van der Waals surface area contributed by atoms with Gasteiger partial charge in [-0.05, 0) is 50.6 Å². The number of nitrogens with zero attached hydrogens (tertiary/aromatic N) is 4. The number of rotatable bonds is 7. The van der Waals surface area contributed by atoms with Crippen molar-refractivity contribution >= 4 is 38.8 Å². The number of anilines is 1. The number of carbonyl (C=O) groups excluding carboxylic acids is 2. The third kappa shape index (κ3) is 7.12. The predicted molar refractivity (Wildman–Crippen MR) is 138 cm³/mol. The van der Waals surface area contributed by atoms with Crippen molar-refractivity contribution in [3.63, 3.8) is 0 Å². The Balaban J connectivity index is 2.09. The average Bonchev–Trinajstić information content (AvgIpc) is 3.24. The lowest BCUT2D eigenvalue weighted by Gasteiger charge is -2.27. The first-order valence-electron chi connectivity index (χ1n) is 11.1. The molecule has 3 aromatic rings. The first kappa shape index (κ1) is 29.6. The molecule has 206 valence electrons. The number of benzene rings is 1. The maximum absolute atomic E-state index is 13.5. The molecule has 0 saturated heterocycles. The van der Waals surface area contributed by atoms with Gasteiger partial charge in [-0.15, -0.1) is 0 Å². The first-order chi connectivity index (χ1) is 17.9. The van der Waals surface area contributed by atoms with E-state index in [1.165, 1.54) is 43.6 Å². The van der Waals surface area contributed by atoms with E-state index in [0.29, 0.717) is 10.7 Å². The molecular formula is C24H23ClF3N7O3S. The summed E-state index contributed by atoms with van der Waals surface area (Å²) < 4.78 is 60.8. The SMILES string of the molecule is Cc1cc(C#N)cc(C(=O)NC(C)(C)CS(C)(=N)=O)c1NC(=O)c1cc(C(F)(F)F)nn1-c1ncccc1Cl. The van der Waals surface area contributed by atoms with Gasteiger partial charge in [-0.3, -0.25) is 18.6 Å². The molecule has 0 aliphatic rings. The first-order valence-corrected chi connectivity index (χ1v) is 13.6. The van der Waals surface area contributed by atoms with Crippen LogP contribution in [0.2, 0.25) is 5.02 Å². The molecule has 10 nitrogen and oxygen atoms in total. The fourth-order valence-electron chi connectivity index (χ4n) is 3.85. The Kier molecular flexibility index (Phi) is 8.09. The number of amides is 2. The van der Waals surface area contributed by atoms with Gasteiger partial charge in [0.25, 0.3) is 11.8 Å². The van der Waals surface area contributed by atoms with Crippen LogP contribution in [0, 0.1) is 23.0 Å². The van der Waals surface area contributed by atoms with E-state index in [9.17, 15) is 32.2 Å². The van der Waals surface area contributed by atoms with Crippen LogP contribution in [0.5, 0.6) is 0 Å². The molecule has 0 radical (unpaired) electrons. The van der Waals surface area contributed by atoms with Gasteiger partial charge in [0.15, 0.2) is 11.5 Å². The molecule has 0 aliphatic carbocycles. The summed E-state index contributed by atoms with van der Waals surface area (Å²) in [6, 6.07) is 7.82. The van der Waals surface area contributed by atoms with Gasteiger partial charge in [0.05, 0.1) is 33.7 Å². The summed E-state index contributed by atoms with van der Waals surface area (Å²) in [5, 5.41) is 17.9. The largest absolute Gasteiger partial charge is 0.435 e. The molecule has 2 amide bonds. The van der Waals surface area contributed by atoms with Gasteiger partial charge in [0, 0.05) is 33.8 Å². The van der Waals surface area contributed by atoms with Crippen LogP contribution in [0.4, 0.5) is 18.9 Å². The molecule has 1 atom stereocenters.